The summed E-state index contributed by atoms with van der Waals surface area (Å²) >= 11 is 5.51. The fraction of sp³-hybridized carbons (Fsp3) is 0.0769. The molecule has 100 valence electrons. The lowest BCUT2D eigenvalue weighted by Crippen LogP contribution is -2.15. The molecule has 0 amide bonds. The first-order valence-electron chi connectivity index (χ1n) is 5.25. The van der Waals surface area contributed by atoms with Gasteiger partial charge in [0.15, 0.2) is 17.5 Å². The van der Waals surface area contributed by atoms with Crippen LogP contribution in [0, 0.1) is 23.3 Å². The quantitative estimate of drug-likeness (QED) is 0.657. The Bertz CT molecular complexity index is 630. The van der Waals surface area contributed by atoms with E-state index in [4.69, 9.17) is 17.3 Å². The van der Waals surface area contributed by atoms with Crippen molar-refractivity contribution in [3.63, 3.8) is 0 Å². The van der Waals surface area contributed by atoms with Gasteiger partial charge in [-0.05, 0) is 23.8 Å². The second-order valence-electron chi connectivity index (χ2n) is 3.92. The van der Waals surface area contributed by atoms with Gasteiger partial charge in [-0.25, -0.2) is 17.6 Å². The highest BCUT2D eigenvalue weighted by Gasteiger charge is 2.20. The average molecular weight is 290 g/mol. The normalized spacial score (nSPS) is 12.5. The minimum absolute atomic E-state index is 0.110. The monoisotopic (exact) mass is 289 g/mol. The van der Waals surface area contributed by atoms with Crippen molar-refractivity contribution in [3.8, 4) is 0 Å². The average Bonchev–Trinajstić information content (AvgIpc) is 2.39. The zero-order valence-electron chi connectivity index (χ0n) is 9.43. The Balaban J connectivity index is 2.47. The number of nitrogens with two attached hydrogens (primary N) is 1. The minimum Gasteiger partial charge on any atom is -0.320 e. The van der Waals surface area contributed by atoms with Crippen LogP contribution in [-0.2, 0) is 0 Å². The molecule has 0 aromatic heterocycles. The molecule has 0 spiro atoms. The van der Waals surface area contributed by atoms with E-state index in [1.165, 1.54) is 12.1 Å². The zero-order chi connectivity index (χ0) is 14.2. The topological polar surface area (TPSA) is 26.0 Å². The van der Waals surface area contributed by atoms with Crippen molar-refractivity contribution in [2.24, 2.45) is 5.73 Å². The Kier molecular flexibility index (Phi) is 3.78. The molecule has 19 heavy (non-hydrogen) atoms. The predicted octanol–water partition coefficient (Wildman–Crippen LogP) is 3.94. The van der Waals surface area contributed by atoms with Gasteiger partial charge in [0.25, 0.3) is 0 Å². The summed E-state index contributed by atoms with van der Waals surface area (Å²) in [5, 5.41) is -0.110. The molecule has 0 aliphatic heterocycles. The first-order chi connectivity index (χ1) is 8.91. The third kappa shape index (κ3) is 2.57. The van der Waals surface area contributed by atoms with Crippen LogP contribution < -0.4 is 5.73 Å². The van der Waals surface area contributed by atoms with Gasteiger partial charge >= 0.3 is 0 Å². The van der Waals surface area contributed by atoms with Gasteiger partial charge < -0.3 is 5.73 Å². The molecule has 0 radical (unpaired) electrons. The lowest BCUT2D eigenvalue weighted by atomic mass is 9.99. The van der Waals surface area contributed by atoms with Crippen LogP contribution in [0.5, 0.6) is 0 Å². The van der Waals surface area contributed by atoms with Gasteiger partial charge in [0.1, 0.15) is 5.82 Å². The third-order valence-electron chi connectivity index (χ3n) is 2.70. The largest absolute Gasteiger partial charge is 0.320 e. The van der Waals surface area contributed by atoms with Crippen LogP contribution in [0.15, 0.2) is 30.3 Å². The maximum atomic E-state index is 13.6. The molecular formula is C13H8ClF4N. The van der Waals surface area contributed by atoms with Crippen molar-refractivity contribution in [2.75, 3.05) is 0 Å². The van der Waals surface area contributed by atoms with E-state index in [9.17, 15) is 17.6 Å². The van der Waals surface area contributed by atoms with Gasteiger partial charge in [-0.15, -0.1) is 0 Å². The minimum atomic E-state index is -1.61. The summed E-state index contributed by atoms with van der Waals surface area (Å²) in [6, 6.07) is 4.32. The van der Waals surface area contributed by atoms with Gasteiger partial charge in [-0.2, -0.15) is 0 Å². The number of hydrogen-bond acceptors (Lipinski definition) is 1. The fourth-order valence-corrected chi connectivity index (χ4v) is 1.78. The first-order valence-corrected chi connectivity index (χ1v) is 5.63. The van der Waals surface area contributed by atoms with Crippen LogP contribution in [0.4, 0.5) is 17.6 Å². The van der Waals surface area contributed by atoms with E-state index < -0.39 is 29.3 Å². The first kappa shape index (κ1) is 13.8. The number of halogens is 5. The molecule has 0 fully saturated rings. The maximum Gasteiger partial charge on any atom is 0.194 e. The molecule has 0 bridgehead atoms. The molecule has 2 aromatic rings. The van der Waals surface area contributed by atoms with Crippen molar-refractivity contribution < 1.29 is 17.6 Å². The van der Waals surface area contributed by atoms with E-state index in [1.807, 2.05) is 0 Å². The number of hydrogen-bond donors (Lipinski definition) is 1. The standard InChI is InChI=1S/C13H8ClF4N/c14-8-3-1-6(5-10(8)16)13(19)7-2-4-9(15)12(18)11(7)17/h1-5,13H,19H2. The summed E-state index contributed by atoms with van der Waals surface area (Å²) in [6.45, 7) is 0. The van der Waals surface area contributed by atoms with Crippen molar-refractivity contribution in [1.29, 1.82) is 0 Å². The van der Waals surface area contributed by atoms with Crippen molar-refractivity contribution in [1.82, 2.24) is 0 Å². The van der Waals surface area contributed by atoms with E-state index in [-0.39, 0.29) is 16.1 Å². The lowest BCUT2D eigenvalue weighted by molar-refractivity contribution is 0.438. The smallest absolute Gasteiger partial charge is 0.194 e. The van der Waals surface area contributed by atoms with Crippen molar-refractivity contribution in [3.05, 3.63) is 69.8 Å². The molecule has 1 atom stereocenters. The zero-order valence-corrected chi connectivity index (χ0v) is 10.2. The van der Waals surface area contributed by atoms with E-state index in [2.05, 4.69) is 0 Å². The molecule has 6 heteroatoms. The molecule has 0 heterocycles. The number of rotatable bonds is 2. The Hall–Kier alpha value is -1.59. The summed E-state index contributed by atoms with van der Waals surface area (Å²) < 4.78 is 52.8. The molecule has 0 saturated carbocycles. The summed E-state index contributed by atoms with van der Waals surface area (Å²) in [5.74, 6) is -5.03. The Morgan fingerprint density at radius 2 is 1.58 bits per heavy atom. The fourth-order valence-electron chi connectivity index (χ4n) is 1.67. The molecule has 0 aliphatic carbocycles. The van der Waals surface area contributed by atoms with Gasteiger partial charge in [0, 0.05) is 5.56 Å². The van der Waals surface area contributed by atoms with Crippen molar-refractivity contribution >= 4 is 11.6 Å². The highest BCUT2D eigenvalue weighted by molar-refractivity contribution is 6.30. The van der Waals surface area contributed by atoms with Gasteiger partial charge in [-0.1, -0.05) is 23.7 Å². The highest BCUT2D eigenvalue weighted by Crippen LogP contribution is 2.27. The lowest BCUT2D eigenvalue weighted by Gasteiger charge is -2.14. The van der Waals surface area contributed by atoms with Crippen LogP contribution in [-0.4, -0.2) is 0 Å². The summed E-state index contributed by atoms with van der Waals surface area (Å²) in [6.07, 6.45) is 0. The van der Waals surface area contributed by atoms with E-state index >= 15 is 0 Å². The van der Waals surface area contributed by atoms with Crippen LogP contribution in [0.2, 0.25) is 5.02 Å². The second-order valence-corrected chi connectivity index (χ2v) is 4.32. The molecule has 2 N–H and O–H groups in total. The van der Waals surface area contributed by atoms with Crippen LogP contribution in [0.3, 0.4) is 0 Å². The molecule has 1 unspecified atom stereocenters. The molecular weight excluding hydrogens is 282 g/mol. The van der Waals surface area contributed by atoms with Gasteiger partial charge in [0.05, 0.1) is 11.1 Å². The second kappa shape index (κ2) is 5.19. The van der Waals surface area contributed by atoms with E-state index in [1.54, 1.807) is 0 Å². The molecule has 2 rings (SSSR count). The Morgan fingerprint density at radius 1 is 0.895 bits per heavy atom. The van der Waals surface area contributed by atoms with Crippen LogP contribution in [0.25, 0.3) is 0 Å². The van der Waals surface area contributed by atoms with Gasteiger partial charge in [0.2, 0.25) is 0 Å². The molecule has 2 aromatic carbocycles. The molecule has 1 nitrogen and oxygen atoms in total. The van der Waals surface area contributed by atoms with Crippen molar-refractivity contribution in [2.45, 2.75) is 6.04 Å². The highest BCUT2D eigenvalue weighted by atomic mass is 35.5. The van der Waals surface area contributed by atoms with Crippen LogP contribution in [0.1, 0.15) is 17.2 Å². The predicted molar refractivity (Wildman–Crippen MR) is 63.8 cm³/mol. The van der Waals surface area contributed by atoms with Gasteiger partial charge in [-0.3, -0.25) is 0 Å². The summed E-state index contributed by atoms with van der Waals surface area (Å²) in [4.78, 5) is 0. The van der Waals surface area contributed by atoms with E-state index in [0.717, 1.165) is 18.2 Å². The SMILES string of the molecule is NC(c1ccc(Cl)c(F)c1)c1ccc(F)c(F)c1F. The molecule has 0 aliphatic rings. The number of benzene rings is 2. The maximum absolute atomic E-state index is 13.6. The Labute approximate surface area is 111 Å². The van der Waals surface area contributed by atoms with E-state index in [0.29, 0.717) is 0 Å². The summed E-state index contributed by atoms with van der Waals surface area (Å²) in [5.41, 5.74) is 5.65. The Morgan fingerprint density at radius 3 is 2.21 bits per heavy atom. The molecule has 0 saturated heterocycles. The van der Waals surface area contributed by atoms with Crippen LogP contribution >= 0.6 is 11.6 Å². The summed E-state index contributed by atoms with van der Waals surface area (Å²) in [7, 11) is 0. The third-order valence-corrected chi connectivity index (χ3v) is 3.01.